The lowest BCUT2D eigenvalue weighted by atomic mass is 10.2. The molecule has 0 bridgehead atoms. The maximum absolute atomic E-state index is 12.9. The van der Waals surface area contributed by atoms with Gasteiger partial charge < -0.3 is 9.32 Å². The van der Waals surface area contributed by atoms with Crippen LogP contribution < -0.4 is 16.1 Å². The number of benzene rings is 2. The zero-order chi connectivity index (χ0) is 21.6. The van der Waals surface area contributed by atoms with Gasteiger partial charge in [-0.2, -0.15) is 0 Å². The van der Waals surface area contributed by atoms with Crippen molar-refractivity contribution < 1.29 is 4.42 Å². The molecule has 0 fully saturated rings. The zero-order valence-corrected chi connectivity index (χ0v) is 16.7. The number of H-pyrrole nitrogens is 1. The summed E-state index contributed by atoms with van der Waals surface area (Å²) in [6.07, 6.45) is 1.57. The van der Waals surface area contributed by atoms with Gasteiger partial charge in [0.1, 0.15) is 11.6 Å². The Morgan fingerprint density at radius 2 is 1.74 bits per heavy atom. The van der Waals surface area contributed by atoms with Crippen LogP contribution in [0.15, 0.2) is 93.1 Å². The number of aromatic nitrogens is 2. The van der Waals surface area contributed by atoms with Crippen LogP contribution in [0.5, 0.6) is 0 Å². The number of aromatic amines is 1. The van der Waals surface area contributed by atoms with Crippen LogP contribution in [0.25, 0.3) is 10.4 Å². The first-order valence-corrected chi connectivity index (χ1v) is 9.53. The number of nitrogens with zero attached hydrogens (tertiary/aromatic N) is 4. The highest BCUT2D eigenvalue weighted by molar-refractivity contribution is 5.66. The topological polar surface area (TPSA) is 89.7 Å². The molecule has 2 aromatic carbocycles. The normalized spacial score (nSPS) is 10.2. The molecule has 0 atom stereocenters. The molecule has 0 radical (unpaired) electrons. The molecular weight excluding hydrogens is 394 g/mol. The molecule has 1 N–H and O–H groups in total. The van der Waals surface area contributed by atoms with Crippen LogP contribution in [0.3, 0.4) is 0 Å². The third-order valence-electron chi connectivity index (χ3n) is 4.60. The van der Waals surface area contributed by atoms with E-state index in [1.54, 1.807) is 29.4 Å². The summed E-state index contributed by atoms with van der Waals surface area (Å²) in [7, 11) is 1.39. The number of nitrogens with one attached hydrogen (secondary N) is 1. The summed E-state index contributed by atoms with van der Waals surface area (Å²) < 4.78 is 6.46. The molecule has 0 unspecified atom stereocenters. The summed E-state index contributed by atoms with van der Waals surface area (Å²) in [6.45, 7) is 0.282. The van der Waals surface area contributed by atoms with Crippen LogP contribution in [-0.2, 0) is 13.6 Å². The van der Waals surface area contributed by atoms with Gasteiger partial charge in [0.2, 0.25) is 5.56 Å². The highest BCUT2D eigenvalue weighted by Gasteiger charge is 2.22. The minimum Gasteiger partial charge on any atom is -0.467 e. The average Bonchev–Trinajstić information content (AvgIpc) is 3.32. The van der Waals surface area contributed by atoms with Gasteiger partial charge in [0.05, 0.1) is 12.8 Å². The molecule has 8 nitrogen and oxygen atoms in total. The first-order chi connectivity index (χ1) is 15.1. The molecule has 31 heavy (non-hydrogen) atoms. The fourth-order valence-electron chi connectivity index (χ4n) is 3.01. The van der Waals surface area contributed by atoms with E-state index in [1.165, 1.54) is 7.05 Å². The maximum Gasteiger partial charge on any atom is 0.329 e. The van der Waals surface area contributed by atoms with E-state index >= 15 is 0 Å². The molecule has 2 aromatic heterocycles. The van der Waals surface area contributed by atoms with Crippen molar-refractivity contribution in [2.75, 3.05) is 4.90 Å². The Morgan fingerprint density at radius 1 is 1.03 bits per heavy atom. The van der Waals surface area contributed by atoms with Gasteiger partial charge in [-0.15, -0.1) is 0 Å². The SMILES string of the molecule is Cn1c(=O)[nH]c(N(Cc2ccco2)c2ccccc2)c(C#[N+][N-]c2ccccc2)c1=O. The molecule has 0 aliphatic heterocycles. The van der Waals surface area contributed by atoms with Crippen LogP contribution in [0.4, 0.5) is 17.2 Å². The van der Waals surface area contributed by atoms with Crippen molar-refractivity contribution >= 4 is 17.2 Å². The molecule has 0 saturated carbocycles. The number of anilines is 2. The van der Waals surface area contributed by atoms with Gasteiger partial charge in [-0.25, -0.2) is 4.79 Å². The van der Waals surface area contributed by atoms with Crippen molar-refractivity contribution in [2.45, 2.75) is 6.54 Å². The van der Waals surface area contributed by atoms with E-state index in [0.717, 1.165) is 10.3 Å². The van der Waals surface area contributed by atoms with Crippen molar-refractivity contribution in [2.24, 2.45) is 7.05 Å². The molecule has 0 spiro atoms. The van der Waals surface area contributed by atoms with E-state index in [2.05, 4.69) is 21.4 Å². The van der Waals surface area contributed by atoms with Crippen molar-refractivity contribution in [3.63, 3.8) is 0 Å². The first kappa shape index (κ1) is 19.8. The number of hydrogen-bond donors (Lipinski definition) is 1. The number of para-hydroxylation sites is 1. The second kappa shape index (κ2) is 8.88. The Morgan fingerprint density at radius 3 is 2.42 bits per heavy atom. The number of hydrogen-bond acceptors (Lipinski definition) is 4. The fourth-order valence-corrected chi connectivity index (χ4v) is 3.01. The molecule has 0 saturated heterocycles. The number of rotatable bonds is 5. The lowest BCUT2D eigenvalue weighted by Gasteiger charge is -2.23. The highest BCUT2D eigenvalue weighted by atomic mass is 16.3. The van der Waals surface area contributed by atoms with E-state index in [1.807, 2.05) is 54.6 Å². The van der Waals surface area contributed by atoms with E-state index in [0.29, 0.717) is 11.4 Å². The largest absolute Gasteiger partial charge is 0.467 e. The Kier molecular flexibility index (Phi) is 5.67. The second-order valence-electron chi connectivity index (χ2n) is 6.67. The summed E-state index contributed by atoms with van der Waals surface area (Å²) in [5.41, 5.74) is 4.45. The maximum atomic E-state index is 12.9. The van der Waals surface area contributed by atoms with Crippen molar-refractivity contribution in [1.29, 1.82) is 0 Å². The molecule has 154 valence electrons. The van der Waals surface area contributed by atoms with E-state index in [4.69, 9.17) is 4.42 Å². The molecule has 0 aliphatic rings. The zero-order valence-electron chi connectivity index (χ0n) is 16.7. The predicted molar refractivity (Wildman–Crippen MR) is 119 cm³/mol. The minimum absolute atomic E-state index is 0.0807. The van der Waals surface area contributed by atoms with Gasteiger partial charge in [0.25, 0.3) is 5.56 Å². The summed E-state index contributed by atoms with van der Waals surface area (Å²) in [4.78, 5) is 33.8. The molecule has 8 heteroatoms. The molecule has 4 aromatic rings. The molecule has 4 rings (SSSR count). The van der Waals surface area contributed by atoms with E-state index in [-0.39, 0.29) is 17.9 Å². The van der Waals surface area contributed by atoms with E-state index < -0.39 is 11.2 Å². The van der Waals surface area contributed by atoms with E-state index in [9.17, 15) is 9.59 Å². The summed E-state index contributed by atoms with van der Waals surface area (Å²) >= 11 is 0. The first-order valence-electron chi connectivity index (χ1n) is 9.53. The quantitative estimate of drug-likeness (QED) is 0.494. The summed E-state index contributed by atoms with van der Waals surface area (Å²) in [5, 5.41) is 0. The third-order valence-corrected chi connectivity index (χ3v) is 4.60. The molecular formula is C23H19N5O3. The van der Waals surface area contributed by atoms with Gasteiger partial charge in [0, 0.05) is 12.7 Å². The van der Waals surface area contributed by atoms with Crippen LogP contribution in [0.1, 0.15) is 11.3 Å². The van der Waals surface area contributed by atoms with Gasteiger partial charge in [-0.05, 0) is 24.3 Å². The van der Waals surface area contributed by atoms with Crippen LogP contribution in [0.2, 0.25) is 0 Å². The molecule has 2 heterocycles. The smallest absolute Gasteiger partial charge is 0.329 e. The standard InChI is InChI=1S/C23H19N5O3/c1-27-22(29)20(15-24-26-17-9-4-2-5-10-17)21(25-23(27)30)28(16-19-13-8-14-31-19)18-11-6-3-7-12-18/h2-14H,16H2,1H3,(H,25,30). The van der Waals surface area contributed by atoms with Crippen molar-refractivity contribution in [1.82, 2.24) is 9.55 Å². The van der Waals surface area contributed by atoms with Gasteiger partial charge in [-0.1, -0.05) is 59.2 Å². The Labute approximate surface area is 177 Å². The third kappa shape index (κ3) is 4.41. The van der Waals surface area contributed by atoms with Crippen LogP contribution in [0, 0.1) is 6.07 Å². The van der Waals surface area contributed by atoms with Crippen LogP contribution >= 0.6 is 0 Å². The fraction of sp³-hybridized carbons (Fsp3) is 0.0870. The Hall–Kier alpha value is -4.51. The lowest BCUT2D eigenvalue weighted by Crippen LogP contribution is -2.37. The lowest BCUT2D eigenvalue weighted by molar-refractivity contribution is 0.509. The summed E-state index contributed by atoms with van der Waals surface area (Å²) in [6, 6.07) is 24.8. The predicted octanol–water partition coefficient (Wildman–Crippen LogP) is 4.31. The minimum atomic E-state index is -0.550. The van der Waals surface area contributed by atoms with Crippen molar-refractivity contribution in [3.05, 3.63) is 122 Å². The monoisotopic (exact) mass is 413 g/mol. The van der Waals surface area contributed by atoms with Gasteiger partial charge >= 0.3 is 11.8 Å². The average molecular weight is 413 g/mol. The van der Waals surface area contributed by atoms with Crippen molar-refractivity contribution in [3.8, 4) is 6.07 Å². The van der Waals surface area contributed by atoms with Gasteiger partial charge in [-0.3, -0.25) is 19.8 Å². The number of furan rings is 1. The Bertz CT molecular complexity index is 1330. The van der Waals surface area contributed by atoms with Gasteiger partial charge in [0.15, 0.2) is 0 Å². The molecule has 0 amide bonds. The second-order valence-corrected chi connectivity index (χ2v) is 6.67. The Balaban J connectivity index is 1.83. The summed E-state index contributed by atoms with van der Waals surface area (Å²) in [5.74, 6) is 0.907. The highest BCUT2D eigenvalue weighted by Crippen LogP contribution is 2.27. The molecule has 0 aliphatic carbocycles. The van der Waals surface area contributed by atoms with Crippen LogP contribution in [-0.4, -0.2) is 9.55 Å².